The van der Waals surface area contributed by atoms with E-state index in [-0.39, 0.29) is 17.9 Å². The lowest BCUT2D eigenvalue weighted by molar-refractivity contribution is -0.121. The summed E-state index contributed by atoms with van der Waals surface area (Å²) < 4.78 is 0. The van der Waals surface area contributed by atoms with Crippen molar-refractivity contribution in [3.05, 3.63) is 23.2 Å². The third-order valence-electron chi connectivity index (χ3n) is 4.98. The van der Waals surface area contributed by atoms with Gasteiger partial charge in [0.05, 0.1) is 17.3 Å². The van der Waals surface area contributed by atoms with Gasteiger partial charge in [0.15, 0.2) is 0 Å². The molecule has 3 rings (SSSR count). The van der Waals surface area contributed by atoms with Crippen LogP contribution < -0.4 is 16.0 Å². The first-order valence-electron chi connectivity index (χ1n) is 7.50. The van der Waals surface area contributed by atoms with Crippen LogP contribution in [0.3, 0.4) is 0 Å². The van der Waals surface area contributed by atoms with Gasteiger partial charge < -0.3 is 16.0 Å². The monoisotopic (exact) mass is 307 g/mol. The molecule has 4 atom stereocenters. The zero-order valence-corrected chi connectivity index (χ0v) is 13.2. The van der Waals surface area contributed by atoms with Crippen LogP contribution in [0.1, 0.15) is 19.3 Å². The van der Waals surface area contributed by atoms with Gasteiger partial charge in [-0.15, -0.1) is 0 Å². The lowest BCUT2D eigenvalue weighted by atomic mass is 9.84. The summed E-state index contributed by atoms with van der Waals surface area (Å²) >= 11 is 6.06. The SMILES string of the molecule is CN(C)c1ccc(Cl)cc1NC(=O)C1C2CCC(C2)C1N. The van der Waals surface area contributed by atoms with E-state index in [1.165, 1.54) is 6.42 Å². The molecule has 0 saturated heterocycles. The second kappa shape index (κ2) is 5.50. The summed E-state index contributed by atoms with van der Waals surface area (Å²) in [6.45, 7) is 0. The smallest absolute Gasteiger partial charge is 0.229 e. The van der Waals surface area contributed by atoms with Crippen LogP contribution in [0.25, 0.3) is 0 Å². The van der Waals surface area contributed by atoms with Crippen LogP contribution >= 0.6 is 11.6 Å². The number of nitrogens with two attached hydrogens (primary N) is 1. The molecule has 2 fully saturated rings. The van der Waals surface area contributed by atoms with Crippen LogP contribution in [0.2, 0.25) is 5.02 Å². The maximum absolute atomic E-state index is 12.6. The molecule has 114 valence electrons. The van der Waals surface area contributed by atoms with E-state index in [4.69, 9.17) is 17.3 Å². The molecule has 2 bridgehead atoms. The molecule has 1 aromatic carbocycles. The number of halogens is 1. The molecule has 1 amide bonds. The number of benzene rings is 1. The molecule has 0 spiro atoms. The fourth-order valence-electron chi connectivity index (χ4n) is 3.94. The molecule has 0 radical (unpaired) electrons. The molecular formula is C16H22ClN3O. The van der Waals surface area contributed by atoms with Gasteiger partial charge in [-0.2, -0.15) is 0 Å². The van der Waals surface area contributed by atoms with Gasteiger partial charge >= 0.3 is 0 Å². The van der Waals surface area contributed by atoms with Crippen molar-refractivity contribution in [3.63, 3.8) is 0 Å². The number of hydrogen-bond acceptors (Lipinski definition) is 3. The highest BCUT2D eigenvalue weighted by Crippen LogP contribution is 2.48. The molecule has 0 heterocycles. The maximum Gasteiger partial charge on any atom is 0.229 e. The molecule has 21 heavy (non-hydrogen) atoms. The van der Waals surface area contributed by atoms with Gasteiger partial charge in [-0.1, -0.05) is 11.6 Å². The largest absolute Gasteiger partial charge is 0.376 e. The summed E-state index contributed by atoms with van der Waals surface area (Å²) in [5, 5.41) is 3.66. The summed E-state index contributed by atoms with van der Waals surface area (Å²) in [6, 6.07) is 5.55. The minimum atomic E-state index is -0.0576. The Bertz CT molecular complexity index is 558. The van der Waals surface area contributed by atoms with Gasteiger partial charge in [0, 0.05) is 25.2 Å². The zero-order chi connectivity index (χ0) is 15.1. The standard InChI is InChI=1S/C16H22ClN3O/c1-20(2)13-6-5-11(17)8-12(13)19-16(21)14-9-3-4-10(7-9)15(14)18/h5-6,8-10,14-15H,3-4,7,18H2,1-2H3,(H,19,21). The molecule has 1 aromatic rings. The average Bonchev–Trinajstić information content (AvgIpc) is 2.98. The molecule has 2 saturated carbocycles. The van der Waals surface area contributed by atoms with Gasteiger partial charge in [-0.3, -0.25) is 4.79 Å². The maximum atomic E-state index is 12.6. The van der Waals surface area contributed by atoms with Crippen LogP contribution in [0.4, 0.5) is 11.4 Å². The van der Waals surface area contributed by atoms with E-state index >= 15 is 0 Å². The first-order chi connectivity index (χ1) is 9.97. The first-order valence-corrected chi connectivity index (χ1v) is 7.88. The number of rotatable bonds is 3. The van der Waals surface area contributed by atoms with Crippen molar-refractivity contribution in [2.45, 2.75) is 25.3 Å². The number of hydrogen-bond donors (Lipinski definition) is 2. The first kappa shape index (κ1) is 14.7. The highest BCUT2D eigenvalue weighted by molar-refractivity contribution is 6.31. The molecule has 3 N–H and O–H groups in total. The number of carbonyl (C=O) groups is 1. The minimum Gasteiger partial charge on any atom is -0.376 e. The van der Waals surface area contributed by atoms with Gasteiger partial charge in [0.1, 0.15) is 0 Å². The van der Waals surface area contributed by atoms with Crippen LogP contribution in [0, 0.1) is 17.8 Å². The average molecular weight is 308 g/mol. The lowest BCUT2D eigenvalue weighted by Gasteiger charge is -2.28. The number of nitrogens with zero attached hydrogens (tertiary/aromatic N) is 1. The van der Waals surface area contributed by atoms with Crippen LogP contribution in [0.15, 0.2) is 18.2 Å². The Labute approximate surface area is 130 Å². The minimum absolute atomic E-state index is 0.00532. The second-order valence-electron chi connectivity index (χ2n) is 6.48. The summed E-state index contributed by atoms with van der Waals surface area (Å²) in [5.74, 6) is 0.961. The quantitative estimate of drug-likeness (QED) is 0.902. The third-order valence-corrected chi connectivity index (χ3v) is 5.22. The Morgan fingerprint density at radius 3 is 2.67 bits per heavy atom. The number of anilines is 2. The van der Waals surface area contributed by atoms with E-state index in [0.29, 0.717) is 16.9 Å². The molecule has 2 aliphatic carbocycles. The van der Waals surface area contributed by atoms with Crippen molar-refractivity contribution >= 4 is 28.9 Å². The number of fused-ring (bicyclic) bond motifs is 2. The molecule has 4 nitrogen and oxygen atoms in total. The van der Waals surface area contributed by atoms with Gasteiger partial charge in [0.25, 0.3) is 0 Å². The number of carbonyl (C=O) groups excluding carboxylic acids is 1. The van der Waals surface area contributed by atoms with Gasteiger partial charge in [0.2, 0.25) is 5.91 Å². The third kappa shape index (κ3) is 2.62. The van der Waals surface area contributed by atoms with Crippen molar-refractivity contribution in [3.8, 4) is 0 Å². The fourth-order valence-corrected chi connectivity index (χ4v) is 4.11. The molecule has 0 aliphatic heterocycles. The Morgan fingerprint density at radius 1 is 1.33 bits per heavy atom. The zero-order valence-electron chi connectivity index (χ0n) is 12.5. The van der Waals surface area contributed by atoms with Crippen molar-refractivity contribution < 1.29 is 4.79 Å². The number of nitrogens with one attached hydrogen (secondary N) is 1. The van der Waals surface area contributed by atoms with E-state index in [1.54, 1.807) is 6.07 Å². The van der Waals surface area contributed by atoms with Gasteiger partial charge in [-0.05, 0) is 49.3 Å². The highest BCUT2D eigenvalue weighted by Gasteiger charge is 2.49. The van der Waals surface area contributed by atoms with Crippen molar-refractivity contribution in [1.29, 1.82) is 0 Å². The Kier molecular flexibility index (Phi) is 3.84. The molecule has 2 aliphatic rings. The van der Waals surface area contributed by atoms with Crippen molar-refractivity contribution in [2.24, 2.45) is 23.5 Å². The van der Waals surface area contributed by atoms with E-state index in [1.807, 2.05) is 31.1 Å². The summed E-state index contributed by atoms with van der Waals surface area (Å²) in [5.41, 5.74) is 7.95. The predicted octanol–water partition coefficient (Wildman–Crippen LogP) is 2.72. The Balaban J connectivity index is 1.80. The van der Waals surface area contributed by atoms with Crippen molar-refractivity contribution in [1.82, 2.24) is 0 Å². The van der Waals surface area contributed by atoms with Crippen LogP contribution in [-0.4, -0.2) is 26.0 Å². The summed E-state index contributed by atoms with van der Waals surface area (Å²) in [7, 11) is 3.89. The molecule has 4 unspecified atom stereocenters. The van der Waals surface area contributed by atoms with E-state index < -0.39 is 0 Å². The van der Waals surface area contributed by atoms with E-state index in [0.717, 1.165) is 24.2 Å². The topological polar surface area (TPSA) is 58.4 Å². The number of amides is 1. The highest BCUT2D eigenvalue weighted by atomic mass is 35.5. The Morgan fingerprint density at radius 2 is 2.05 bits per heavy atom. The normalized spacial score (nSPS) is 30.5. The summed E-state index contributed by atoms with van der Waals surface area (Å²) in [6.07, 6.45) is 3.41. The summed E-state index contributed by atoms with van der Waals surface area (Å²) in [4.78, 5) is 14.6. The van der Waals surface area contributed by atoms with E-state index in [9.17, 15) is 4.79 Å². The van der Waals surface area contributed by atoms with Gasteiger partial charge in [-0.25, -0.2) is 0 Å². The lowest BCUT2D eigenvalue weighted by Crippen LogP contribution is -2.42. The molecular weight excluding hydrogens is 286 g/mol. The van der Waals surface area contributed by atoms with Crippen LogP contribution in [-0.2, 0) is 4.79 Å². The van der Waals surface area contributed by atoms with E-state index in [2.05, 4.69) is 5.32 Å². The molecule has 0 aromatic heterocycles. The van der Waals surface area contributed by atoms with Crippen molar-refractivity contribution in [2.75, 3.05) is 24.3 Å². The molecule has 5 heteroatoms. The second-order valence-corrected chi connectivity index (χ2v) is 6.92. The predicted molar refractivity (Wildman–Crippen MR) is 86.7 cm³/mol. The fraction of sp³-hybridized carbons (Fsp3) is 0.562. The Hall–Kier alpha value is -1.26. The van der Waals surface area contributed by atoms with Crippen LogP contribution in [0.5, 0.6) is 0 Å².